The van der Waals surface area contributed by atoms with Crippen LogP contribution in [0.1, 0.15) is 36.2 Å². The van der Waals surface area contributed by atoms with Gasteiger partial charge >= 0.3 is 5.97 Å². The minimum atomic E-state index is -0.325. The third-order valence-electron chi connectivity index (χ3n) is 4.11. The zero-order valence-corrected chi connectivity index (χ0v) is 16.5. The Bertz CT molecular complexity index is 644. The molecule has 0 fully saturated rings. The molecule has 0 aromatic heterocycles. The van der Waals surface area contributed by atoms with Crippen LogP contribution in [0.15, 0.2) is 54.6 Å². The van der Waals surface area contributed by atoms with Crippen LogP contribution in [0.4, 0.5) is 0 Å². The molecule has 0 unspecified atom stereocenters. The molecule has 2 rings (SSSR count). The fraction of sp³-hybridized carbons (Fsp3) is 0.381. The van der Waals surface area contributed by atoms with E-state index in [1.807, 2.05) is 42.5 Å². The lowest BCUT2D eigenvalue weighted by atomic mass is 10.2. The second kappa shape index (κ2) is 11.6. The van der Waals surface area contributed by atoms with Crippen molar-refractivity contribution in [2.75, 3.05) is 20.2 Å². The zero-order chi connectivity index (χ0) is 18.1. The Morgan fingerprint density at radius 2 is 1.69 bits per heavy atom. The average Bonchev–Trinajstić information content (AvgIpc) is 2.64. The predicted octanol–water partition coefficient (Wildman–Crippen LogP) is 4.57. The first-order valence-electron chi connectivity index (χ1n) is 8.70. The van der Waals surface area contributed by atoms with E-state index in [-0.39, 0.29) is 25.0 Å². The Kier molecular flexibility index (Phi) is 9.78. The van der Waals surface area contributed by atoms with E-state index in [1.54, 1.807) is 12.1 Å². The van der Waals surface area contributed by atoms with Crippen molar-refractivity contribution in [1.29, 1.82) is 0 Å². The fourth-order valence-corrected chi connectivity index (χ4v) is 2.26. The van der Waals surface area contributed by atoms with Crippen molar-refractivity contribution < 1.29 is 14.3 Å². The third-order valence-corrected chi connectivity index (χ3v) is 4.11. The Labute approximate surface area is 162 Å². The quantitative estimate of drug-likeness (QED) is 0.473. The highest BCUT2D eigenvalue weighted by molar-refractivity contribution is 5.89. The first kappa shape index (κ1) is 22.0. The van der Waals surface area contributed by atoms with E-state index in [1.165, 1.54) is 0 Å². The number of hydrogen-bond acceptors (Lipinski definition) is 4. The standard InChI is InChI=1S/C21H27NO3.ClH/c1-17(2)22(3)14-7-15-24-20-12-10-19(11-13-20)21(23)25-16-18-8-5-4-6-9-18;/h4-6,8-13,17H,7,14-16H2,1-3H3;1H. The molecule has 4 nitrogen and oxygen atoms in total. The van der Waals surface area contributed by atoms with Crippen molar-refractivity contribution in [3.8, 4) is 5.75 Å². The van der Waals surface area contributed by atoms with Crippen LogP contribution in [0, 0.1) is 0 Å². The summed E-state index contributed by atoms with van der Waals surface area (Å²) in [4.78, 5) is 14.3. The lowest BCUT2D eigenvalue weighted by Crippen LogP contribution is -2.28. The maximum absolute atomic E-state index is 12.1. The largest absolute Gasteiger partial charge is 0.494 e. The molecule has 0 bridgehead atoms. The van der Waals surface area contributed by atoms with Crippen molar-refractivity contribution >= 4 is 18.4 Å². The van der Waals surface area contributed by atoms with E-state index in [0.717, 1.165) is 24.3 Å². The average molecular weight is 378 g/mol. The number of ether oxygens (including phenoxy) is 2. The van der Waals surface area contributed by atoms with Crippen LogP contribution in [0.2, 0.25) is 0 Å². The van der Waals surface area contributed by atoms with Crippen molar-refractivity contribution in [3.05, 3.63) is 65.7 Å². The van der Waals surface area contributed by atoms with Gasteiger partial charge in [0.05, 0.1) is 12.2 Å². The van der Waals surface area contributed by atoms with Crippen LogP contribution in [0.25, 0.3) is 0 Å². The lowest BCUT2D eigenvalue weighted by Gasteiger charge is -2.20. The van der Waals surface area contributed by atoms with Crippen LogP contribution >= 0.6 is 12.4 Å². The summed E-state index contributed by atoms with van der Waals surface area (Å²) in [6.45, 7) is 6.30. The normalized spacial score (nSPS) is 10.5. The summed E-state index contributed by atoms with van der Waals surface area (Å²) in [7, 11) is 2.11. The molecule has 0 aliphatic rings. The van der Waals surface area contributed by atoms with Crippen molar-refractivity contribution in [1.82, 2.24) is 4.90 Å². The summed E-state index contributed by atoms with van der Waals surface area (Å²) < 4.78 is 11.0. The van der Waals surface area contributed by atoms with Gasteiger partial charge in [-0.3, -0.25) is 0 Å². The summed E-state index contributed by atoms with van der Waals surface area (Å²) in [5.74, 6) is 0.445. The molecule has 0 atom stereocenters. The van der Waals surface area contributed by atoms with Crippen molar-refractivity contribution in [3.63, 3.8) is 0 Å². The van der Waals surface area contributed by atoms with Gasteiger partial charge in [0, 0.05) is 12.6 Å². The number of halogens is 1. The SMILES string of the molecule is CC(C)N(C)CCCOc1ccc(C(=O)OCc2ccccc2)cc1.Cl. The van der Waals surface area contributed by atoms with Crippen molar-refractivity contribution in [2.24, 2.45) is 0 Å². The van der Waals surface area contributed by atoms with E-state index in [2.05, 4.69) is 25.8 Å². The van der Waals surface area contributed by atoms with Gasteiger partial charge in [-0.15, -0.1) is 12.4 Å². The Balaban J connectivity index is 0.00000338. The molecule has 0 spiro atoms. The van der Waals surface area contributed by atoms with Crippen molar-refractivity contribution in [2.45, 2.75) is 32.9 Å². The van der Waals surface area contributed by atoms with E-state index in [0.29, 0.717) is 18.2 Å². The molecule has 2 aromatic rings. The van der Waals surface area contributed by atoms with Gasteiger partial charge in [0.1, 0.15) is 12.4 Å². The zero-order valence-electron chi connectivity index (χ0n) is 15.7. The van der Waals surface area contributed by atoms with Gasteiger partial charge in [-0.1, -0.05) is 30.3 Å². The fourth-order valence-electron chi connectivity index (χ4n) is 2.26. The molecule has 0 N–H and O–H groups in total. The molecule has 0 saturated heterocycles. The molecule has 0 saturated carbocycles. The molecule has 0 heterocycles. The van der Waals surface area contributed by atoms with E-state index in [4.69, 9.17) is 9.47 Å². The second-order valence-corrected chi connectivity index (χ2v) is 6.36. The number of nitrogens with zero attached hydrogens (tertiary/aromatic N) is 1. The van der Waals surface area contributed by atoms with Crippen LogP contribution in [-0.4, -0.2) is 37.1 Å². The highest BCUT2D eigenvalue weighted by Gasteiger charge is 2.08. The number of carbonyl (C=O) groups excluding carboxylic acids is 1. The molecular weight excluding hydrogens is 350 g/mol. The molecule has 142 valence electrons. The third kappa shape index (κ3) is 7.46. The minimum Gasteiger partial charge on any atom is -0.494 e. The van der Waals surface area contributed by atoms with Gasteiger partial charge in [-0.2, -0.15) is 0 Å². The molecule has 5 heteroatoms. The molecule has 0 radical (unpaired) electrons. The number of hydrogen-bond donors (Lipinski definition) is 0. The van der Waals surface area contributed by atoms with Crippen LogP contribution in [0.5, 0.6) is 5.75 Å². The van der Waals surface area contributed by atoms with Gasteiger partial charge in [0.25, 0.3) is 0 Å². The highest BCUT2D eigenvalue weighted by atomic mass is 35.5. The summed E-state index contributed by atoms with van der Waals surface area (Å²) in [5, 5.41) is 0. The number of rotatable bonds is 9. The van der Waals surface area contributed by atoms with Gasteiger partial charge in [-0.25, -0.2) is 4.79 Å². The van der Waals surface area contributed by atoms with Gasteiger partial charge < -0.3 is 14.4 Å². The van der Waals surface area contributed by atoms with Crippen LogP contribution in [0.3, 0.4) is 0 Å². The molecule has 0 aliphatic carbocycles. The minimum absolute atomic E-state index is 0. The number of carbonyl (C=O) groups is 1. The molecule has 0 aliphatic heterocycles. The van der Waals surface area contributed by atoms with Gasteiger partial charge in [0.2, 0.25) is 0 Å². The summed E-state index contributed by atoms with van der Waals surface area (Å²) >= 11 is 0. The van der Waals surface area contributed by atoms with Gasteiger partial charge in [0.15, 0.2) is 0 Å². The molecule has 26 heavy (non-hydrogen) atoms. The maximum atomic E-state index is 12.1. The molecular formula is C21H28ClNO3. The topological polar surface area (TPSA) is 38.8 Å². The monoisotopic (exact) mass is 377 g/mol. The second-order valence-electron chi connectivity index (χ2n) is 6.36. The first-order chi connectivity index (χ1) is 12.1. The predicted molar refractivity (Wildman–Crippen MR) is 107 cm³/mol. The summed E-state index contributed by atoms with van der Waals surface area (Å²) in [6, 6.07) is 17.3. The molecule has 2 aromatic carbocycles. The van der Waals surface area contributed by atoms with Gasteiger partial charge in [-0.05, 0) is 57.1 Å². The Morgan fingerprint density at radius 1 is 1.04 bits per heavy atom. The lowest BCUT2D eigenvalue weighted by molar-refractivity contribution is 0.0472. The number of esters is 1. The Hall–Kier alpha value is -2.04. The van der Waals surface area contributed by atoms with Crippen LogP contribution in [-0.2, 0) is 11.3 Å². The number of benzene rings is 2. The smallest absolute Gasteiger partial charge is 0.338 e. The van der Waals surface area contributed by atoms with E-state index < -0.39 is 0 Å². The Morgan fingerprint density at radius 3 is 2.31 bits per heavy atom. The first-order valence-corrected chi connectivity index (χ1v) is 8.70. The highest BCUT2D eigenvalue weighted by Crippen LogP contribution is 2.14. The summed E-state index contributed by atoms with van der Waals surface area (Å²) in [6.07, 6.45) is 0.968. The van der Waals surface area contributed by atoms with E-state index in [9.17, 15) is 4.79 Å². The maximum Gasteiger partial charge on any atom is 0.338 e. The summed E-state index contributed by atoms with van der Waals surface area (Å²) in [5.41, 5.74) is 1.50. The van der Waals surface area contributed by atoms with Crippen LogP contribution < -0.4 is 4.74 Å². The van der Waals surface area contributed by atoms with E-state index >= 15 is 0 Å². The molecule has 0 amide bonds.